The van der Waals surface area contributed by atoms with E-state index in [1.807, 2.05) is 6.07 Å². The zero-order valence-corrected chi connectivity index (χ0v) is 11.1. The normalized spacial score (nSPS) is 10.1. The van der Waals surface area contributed by atoms with E-state index in [4.69, 9.17) is 10.8 Å². The fourth-order valence-corrected chi connectivity index (χ4v) is 1.56. The summed E-state index contributed by atoms with van der Waals surface area (Å²) in [4.78, 5) is 34.0. The molecule has 0 radical (unpaired) electrons. The molecular formula is C11H17N5O4. The van der Waals surface area contributed by atoms with Crippen molar-refractivity contribution in [3.8, 4) is 0 Å². The van der Waals surface area contributed by atoms with Gasteiger partial charge in [-0.25, -0.2) is 4.79 Å². The number of nitrogens with one attached hydrogen (secondary N) is 1. The number of hydrogen-bond donors (Lipinski definition) is 3. The molecule has 0 aromatic carbocycles. The number of primary amides is 1. The molecule has 0 fully saturated rings. The summed E-state index contributed by atoms with van der Waals surface area (Å²) in [5.74, 6) is -1.99. The van der Waals surface area contributed by atoms with Gasteiger partial charge in [0.2, 0.25) is 5.91 Å². The lowest BCUT2D eigenvalue weighted by Gasteiger charge is -2.19. The largest absolute Gasteiger partial charge is 0.480 e. The van der Waals surface area contributed by atoms with Crippen molar-refractivity contribution in [3.63, 3.8) is 0 Å². The third kappa shape index (κ3) is 5.38. The van der Waals surface area contributed by atoms with Crippen LogP contribution in [-0.4, -0.2) is 57.3 Å². The zero-order valence-electron chi connectivity index (χ0n) is 11.1. The molecule has 1 rings (SSSR count). The van der Waals surface area contributed by atoms with Crippen LogP contribution < -0.4 is 11.1 Å². The van der Waals surface area contributed by atoms with Gasteiger partial charge in [-0.05, 0) is 6.07 Å². The van der Waals surface area contributed by atoms with Crippen LogP contribution in [0.25, 0.3) is 0 Å². The highest BCUT2D eigenvalue weighted by atomic mass is 16.4. The highest BCUT2D eigenvalue weighted by Crippen LogP contribution is 1.95. The number of aliphatic carboxylic acids is 1. The van der Waals surface area contributed by atoms with Crippen molar-refractivity contribution in [2.24, 2.45) is 12.8 Å². The summed E-state index contributed by atoms with van der Waals surface area (Å²) in [6.07, 6.45) is 2.28. The number of rotatable bonds is 7. The second-order valence-electron chi connectivity index (χ2n) is 4.18. The van der Waals surface area contributed by atoms with E-state index in [9.17, 15) is 14.4 Å². The van der Waals surface area contributed by atoms with Gasteiger partial charge in [0.25, 0.3) is 0 Å². The Kier molecular flexibility index (Phi) is 5.51. The Balaban J connectivity index is 2.44. The van der Waals surface area contributed by atoms with Gasteiger partial charge in [0, 0.05) is 26.2 Å². The molecule has 3 amide bonds. The minimum Gasteiger partial charge on any atom is -0.480 e. The third-order valence-electron chi connectivity index (χ3n) is 2.39. The molecule has 9 nitrogen and oxygen atoms in total. The van der Waals surface area contributed by atoms with E-state index >= 15 is 0 Å². The summed E-state index contributed by atoms with van der Waals surface area (Å²) in [6, 6.07) is 1.16. The molecule has 0 aliphatic rings. The number of nitrogens with zero attached hydrogens (tertiary/aromatic N) is 3. The smallest absolute Gasteiger partial charge is 0.323 e. The Morgan fingerprint density at radius 1 is 1.45 bits per heavy atom. The molecule has 1 aromatic heterocycles. The first-order valence-electron chi connectivity index (χ1n) is 5.90. The molecule has 20 heavy (non-hydrogen) atoms. The number of carbonyl (C=O) groups is 3. The van der Waals surface area contributed by atoms with Gasteiger partial charge in [-0.3, -0.25) is 14.3 Å². The van der Waals surface area contributed by atoms with Gasteiger partial charge in [0.15, 0.2) is 0 Å². The molecule has 0 aliphatic carbocycles. The Bertz CT molecular complexity index is 483. The van der Waals surface area contributed by atoms with Crippen molar-refractivity contribution in [1.29, 1.82) is 0 Å². The summed E-state index contributed by atoms with van der Waals surface area (Å²) >= 11 is 0. The molecule has 4 N–H and O–H groups in total. The van der Waals surface area contributed by atoms with Crippen LogP contribution in [0.5, 0.6) is 0 Å². The molecule has 9 heteroatoms. The topological polar surface area (TPSA) is 131 Å². The maximum absolute atomic E-state index is 11.7. The number of amides is 3. The van der Waals surface area contributed by atoms with Gasteiger partial charge >= 0.3 is 12.0 Å². The molecule has 0 saturated carbocycles. The van der Waals surface area contributed by atoms with E-state index in [1.165, 1.54) is 0 Å². The highest BCUT2D eigenvalue weighted by molar-refractivity contribution is 5.85. The van der Waals surface area contributed by atoms with Crippen LogP contribution in [0, 0.1) is 0 Å². The number of aryl methyl sites for hydroxylation is 1. The molecule has 1 heterocycles. The van der Waals surface area contributed by atoms with Gasteiger partial charge in [-0.1, -0.05) is 0 Å². The summed E-state index contributed by atoms with van der Waals surface area (Å²) < 4.78 is 1.64. The lowest BCUT2D eigenvalue weighted by atomic mass is 10.3. The van der Waals surface area contributed by atoms with Crippen molar-refractivity contribution < 1.29 is 19.5 Å². The molecule has 0 unspecified atom stereocenters. The van der Waals surface area contributed by atoms with Gasteiger partial charge in [-0.15, -0.1) is 0 Å². The molecule has 1 aromatic rings. The summed E-state index contributed by atoms with van der Waals surface area (Å²) in [7, 11) is 1.78. The first kappa shape index (κ1) is 15.5. The molecule has 0 bridgehead atoms. The Morgan fingerprint density at radius 2 is 2.15 bits per heavy atom. The summed E-state index contributed by atoms with van der Waals surface area (Å²) in [5, 5.41) is 15.3. The third-order valence-corrected chi connectivity index (χ3v) is 2.39. The van der Waals surface area contributed by atoms with Gasteiger partial charge in [0.1, 0.15) is 13.1 Å². The van der Waals surface area contributed by atoms with E-state index in [0.717, 1.165) is 10.6 Å². The molecule has 0 saturated heterocycles. The molecular weight excluding hydrogens is 266 g/mol. The average molecular weight is 283 g/mol. The number of hydrogen-bond acceptors (Lipinski definition) is 4. The molecule has 110 valence electrons. The fourth-order valence-electron chi connectivity index (χ4n) is 1.56. The van der Waals surface area contributed by atoms with Crippen LogP contribution in [0.2, 0.25) is 0 Å². The number of carboxylic acids is 1. The van der Waals surface area contributed by atoms with Gasteiger partial charge in [-0.2, -0.15) is 5.10 Å². The van der Waals surface area contributed by atoms with E-state index in [1.54, 1.807) is 17.9 Å². The fraction of sp³-hybridized carbons (Fsp3) is 0.455. The second-order valence-corrected chi connectivity index (χ2v) is 4.18. The predicted octanol–water partition coefficient (Wildman–Crippen LogP) is -1.46. The minimum atomic E-state index is -1.22. The Labute approximate surface area is 115 Å². The van der Waals surface area contributed by atoms with E-state index in [-0.39, 0.29) is 6.54 Å². The minimum absolute atomic E-state index is 0.282. The number of carboxylic acid groups (broad SMARTS) is 1. The molecule has 0 atom stereocenters. The second kappa shape index (κ2) is 7.12. The van der Waals surface area contributed by atoms with Crippen LogP contribution >= 0.6 is 0 Å². The monoisotopic (exact) mass is 283 g/mol. The SMILES string of the molecule is Cn1ccc(CCNC(=O)N(CC(N)=O)CC(=O)O)n1. The predicted molar refractivity (Wildman–Crippen MR) is 68.7 cm³/mol. The molecule has 0 aliphatic heterocycles. The number of carbonyl (C=O) groups excluding carboxylic acids is 2. The van der Waals surface area contributed by atoms with E-state index in [0.29, 0.717) is 6.42 Å². The summed E-state index contributed by atoms with van der Waals surface area (Å²) in [6.45, 7) is -0.745. The standard InChI is InChI=1S/C11H17N5O4/c1-15-5-3-8(14-15)2-4-13-11(20)16(6-9(12)17)7-10(18)19/h3,5H,2,4,6-7H2,1H3,(H2,12,17)(H,13,20)(H,18,19). The Hall–Kier alpha value is -2.58. The highest BCUT2D eigenvalue weighted by Gasteiger charge is 2.18. The average Bonchev–Trinajstić information content (AvgIpc) is 2.73. The maximum atomic E-state index is 11.7. The number of aromatic nitrogens is 2. The summed E-state index contributed by atoms with van der Waals surface area (Å²) in [5.41, 5.74) is 5.76. The van der Waals surface area contributed by atoms with E-state index < -0.39 is 31.0 Å². The van der Waals surface area contributed by atoms with Gasteiger partial charge < -0.3 is 21.1 Å². The van der Waals surface area contributed by atoms with Gasteiger partial charge in [0.05, 0.1) is 5.69 Å². The molecule has 0 spiro atoms. The lowest BCUT2D eigenvalue weighted by Crippen LogP contribution is -2.47. The zero-order chi connectivity index (χ0) is 15.1. The van der Waals surface area contributed by atoms with E-state index in [2.05, 4.69) is 10.4 Å². The van der Waals surface area contributed by atoms with Crippen molar-refractivity contribution in [2.75, 3.05) is 19.6 Å². The van der Waals surface area contributed by atoms with Crippen LogP contribution in [0.15, 0.2) is 12.3 Å². The van der Waals surface area contributed by atoms with Crippen molar-refractivity contribution >= 4 is 17.9 Å². The van der Waals surface area contributed by atoms with Crippen molar-refractivity contribution in [3.05, 3.63) is 18.0 Å². The van der Waals surface area contributed by atoms with Crippen LogP contribution in [0.4, 0.5) is 4.79 Å². The first-order chi connectivity index (χ1) is 9.38. The quantitative estimate of drug-likeness (QED) is 0.563. The lowest BCUT2D eigenvalue weighted by molar-refractivity contribution is -0.137. The number of nitrogens with two attached hydrogens (primary N) is 1. The van der Waals surface area contributed by atoms with Crippen LogP contribution in [0.3, 0.4) is 0 Å². The maximum Gasteiger partial charge on any atom is 0.323 e. The van der Waals surface area contributed by atoms with Crippen molar-refractivity contribution in [1.82, 2.24) is 20.0 Å². The van der Waals surface area contributed by atoms with Crippen molar-refractivity contribution in [2.45, 2.75) is 6.42 Å². The van der Waals surface area contributed by atoms with Crippen LogP contribution in [-0.2, 0) is 23.1 Å². The Morgan fingerprint density at radius 3 is 2.65 bits per heavy atom. The first-order valence-corrected chi connectivity index (χ1v) is 5.90. The van der Waals surface area contributed by atoms with Crippen LogP contribution in [0.1, 0.15) is 5.69 Å². The number of urea groups is 1.